The number of esters is 2. The van der Waals surface area contributed by atoms with Gasteiger partial charge in [-0.2, -0.15) is 0 Å². The van der Waals surface area contributed by atoms with Crippen LogP contribution in [0, 0.1) is 0 Å². The molecule has 0 spiro atoms. The predicted molar refractivity (Wildman–Crippen MR) is 78.6 cm³/mol. The van der Waals surface area contributed by atoms with Gasteiger partial charge in [-0.15, -0.1) is 0 Å². The number of methoxy groups -OCH3 is 1. The minimum absolute atomic E-state index is 0.0422. The van der Waals surface area contributed by atoms with E-state index in [9.17, 15) is 9.59 Å². The van der Waals surface area contributed by atoms with E-state index in [2.05, 4.69) is 4.74 Å². The first-order valence-electron chi connectivity index (χ1n) is 6.22. The molecule has 4 nitrogen and oxygen atoms in total. The Morgan fingerprint density at radius 1 is 1.05 bits per heavy atom. The van der Waals surface area contributed by atoms with Crippen LogP contribution >= 0.6 is 11.6 Å². The third-order valence-corrected chi connectivity index (χ3v) is 3.07. The molecule has 21 heavy (non-hydrogen) atoms. The van der Waals surface area contributed by atoms with Crippen molar-refractivity contribution in [2.24, 2.45) is 0 Å². The summed E-state index contributed by atoms with van der Waals surface area (Å²) in [5.74, 6) is -0.572. The topological polar surface area (TPSA) is 52.6 Å². The molecular formula is C16H13ClO4. The molecule has 0 amide bonds. The van der Waals surface area contributed by atoms with Gasteiger partial charge >= 0.3 is 11.9 Å². The maximum Gasteiger partial charge on any atom is 0.343 e. The fraction of sp³-hybridized carbons (Fsp3) is 0.125. The van der Waals surface area contributed by atoms with Crippen LogP contribution in [0.4, 0.5) is 0 Å². The van der Waals surface area contributed by atoms with Crippen molar-refractivity contribution in [3.8, 4) is 5.75 Å². The van der Waals surface area contributed by atoms with Crippen LogP contribution in [-0.2, 0) is 16.0 Å². The third-order valence-electron chi connectivity index (χ3n) is 2.82. The Morgan fingerprint density at radius 3 is 2.38 bits per heavy atom. The Morgan fingerprint density at radius 2 is 1.71 bits per heavy atom. The smallest absolute Gasteiger partial charge is 0.343 e. The molecule has 2 aromatic carbocycles. The summed E-state index contributed by atoms with van der Waals surface area (Å²) in [7, 11) is 1.31. The minimum atomic E-state index is -0.510. The van der Waals surface area contributed by atoms with E-state index in [1.807, 2.05) is 0 Å². The first-order chi connectivity index (χ1) is 10.1. The van der Waals surface area contributed by atoms with Gasteiger partial charge in [0.25, 0.3) is 0 Å². The van der Waals surface area contributed by atoms with E-state index in [0.29, 0.717) is 21.9 Å². The number of carbonyl (C=O) groups is 2. The average molecular weight is 305 g/mol. The second-order valence-corrected chi connectivity index (χ2v) is 4.69. The van der Waals surface area contributed by atoms with E-state index in [4.69, 9.17) is 16.3 Å². The highest BCUT2D eigenvalue weighted by Gasteiger charge is 2.13. The van der Waals surface area contributed by atoms with Crippen molar-refractivity contribution >= 4 is 23.5 Å². The van der Waals surface area contributed by atoms with Gasteiger partial charge in [-0.3, -0.25) is 4.79 Å². The van der Waals surface area contributed by atoms with E-state index < -0.39 is 11.9 Å². The molecule has 108 valence electrons. The van der Waals surface area contributed by atoms with Gasteiger partial charge in [-0.1, -0.05) is 29.8 Å². The molecule has 0 aliphatic rings. The molecule has 0 saturated heterocycles. The van der Waals surface area contributed by atoms with Crippen LogP contribution in [0.1, 0.15) is 15.9 Å². The predicted octanol–water partition coefficient (Wildman–Crippen LogP) is 3.27. The number of hydrogen-bond acceptors (Lipinski definition) is 4. The minimum Gasteiger partial charge on any atom is -0.469 e. The lowest BCUT2D eigenvalue weighted by molar-refractivity contribution is -0.139. The molecule has 0 aromatic heterocycles. The normalized spacial score (nSPS) is 10.0. The summed E-state index contributed by atoms with van der Waals surface area (Å²) in [5, 5.41) is 0.539. The van der Waals surface area contributed by atoms with Crippen molar-refractivity contribution in [2.45, 2.75) is 6.42 Å². The number of halogens is 1. The summed E-state index contributed by atoms with van der Waals surface area (Å²) < 4.78 is 9.94. The largest absolute Gasteiger partial charge is 0.469 e. The molecule has 2 aromatic rings. The Balaban J connectivity index is 2.17. The first-order valence-corrected chi connectivity index (χ1v) is 6.60. The average Bonchev–Trinajstić information content (AvgIpc) is 2.49. The molecule has 2 rings (SSSR count). The molecule has 0 unspecified atom stereocenters. The number of hydrogen-bond donors (Lipinski definition) is 0. The summed E-state index contributed by atoms with van der Waals surface area (Å²) >= 11 is 5.77. The van der Waals surface area contributed by atoms with Gasteiger partial charge < -0.3 is 9.47 Å². The summed E-state index contributed by atoms with van der Waals surface area (Å²) in [6.45, 7) is 0. The van der Waals surface area contributed by atoms with Crippen LogP contribution in [0.5, 0.6) is 5.75 Å². The molecule has 0 aliphatic heterocycles. The van der Waals surface area contributed by atoms with Crippen molar-refractivity contribution in [1.82, 2.24) is 0 Å². The number of para-hydroxylation sites is 1. The standard InChI is InChI=1S/C16H13ClO4/c1-20-15(18)10-12-4-2-3-5-14(12)21-16(19)11-6-8-13(17)9-7-11/h2-9H,10H2,1H3. The lowest BCUT2D eigenvalue weighted by atomic mass is 10.1. The van der Waals surface area contributed by atoms with Gasteiger partial charge in [-0.25, -0.2) is 4.79 Å². The van der Waals surface area contributed by atoms with Gasteiger partial charge in [-0.05, 0) is 30.3 Å². The maximum absolute atomic E-state index is 12.1. The van der Waals surface area contributed by atoms with Crippen molar-refractivity contribution < 1.29 is 19.1 Å². The Labute approximate surface area is 127 Å². The van der Waals surface area contributed by atoms with Crippen molar-refractivity contribution in [3.63, 3.8) is 0 Å². The molecular weight excluding hydrogens is 292 g/mol. The quantitative estimate of drug-likeness (QED) is 0.642. The monoisotopic (exact) mass is 304 g/mol. The maximum atomic E-state index is 12.1. The van der Waals surface area contributed by atoms with Crippen molar-refractivity contribution in [3.05, 3.63) is 64.7 Å². The zero-order chi connectivity index (χ0) is 15.2. The number of benzene rings is 2. The summed E-state index contributed by atoms with van der Waals surface area (Å²) in [4.78, 5) is 23.4. The summed E-state index contributed by atoms with van der Waals surface area (Å²) in [6.07, 6.45) is 0.0422. The molecule has 0 atom stereocenters. The van der Waals surface area contributed by atoms with E-state index in [1.54, 1.807) is 48.5 Å². The molecule has 0 heterocycles. The zero-order valence-electron chi connectivity index (χ0n) is 11.3. The Hall–Kier alpha value is -2.33. The fourth-order valence-electron chi connectivity index (χ4n) is 1.72. The highest BCUT2D eigenvalue weighted by Crippen LogP contribution is 2.20. The van der Waals surface area contributed by atoms with Gasteiger partial charge in [0.15, 0.2) is 0 Å². The SMILES string of the molecule is COC(=O)Cc1ccccc1OC(=O)c1ccc(Cl)cc1. The highest BCUT2D eigenvalue weighted by atomic mass is 35.5. The first kappa shape index (κ1) is 15.1. The number of ether oxygens (including phenoxy) is 2. The Kier molecular flexibility index (Phi) is 4.95. The van der Waals surface area contributed by atoms with Crippen LogP contribution in [0.15, 0.2) is 48.5 Å². The Bertz CT molecular complexity index is 650. The van der Waals surface area contributed by atoms with Crippen LogP contribution in [-0.4, -0.2) is 19.0 Å². The van der Waals surface area contributed by atoms with Gasteiger partial charge in [0.1, 0.15) is 5.75 Å². The van der Waals surface area contributed by atoms with Crippen LogP contribution < -0.4 is 4.74 Å². The second-order valence-electron chi connectivity index (χ2n) is 4.26. The molecule has 0 aliphatic carbocycles. The van der Waals surface area contributed by atoms with Gasteiger partial charge in [0, 0.05) is 10.6 Å². The molecule has 0 radical (unpaired) electrons. The second kappa shape index (κ2) is 6.90. The third kappa shape index (κ3) is 4.07. The van der Waals surface area contributed by atoms with Crippen LogP contribution in [0.25, 0.3) is 0 Å². The van der Waals surface area contributed by atoms with E-state index >= 15 is 0 Å². The van der Waals surface area contributed by atoms with Crippen LogP contribution in [0.2, 0.25) is 5.02 Å². The zero-order valence-corrected chi connectivity index (χ0v) is 12.1. The van der Waals surface area contributed by atoms with E-state index in [1.165, 1.54) is 7.11 Å². The lowest BCUT2D eigenvalue weighted by Gasteiger charge is -2.09. The number of carbonyl (C=O) groups excluding carboxylic acids is 2. The number of rotatable bonds is 4. The van der Waals surface area contributed by atoms with E-state index in [0.717, 1.165) is 0 Å². The molecule has 0 bridgehead atoms. The lowest BCUT2D eigenvalue weighted by Crippen LogP contribution is -2.11. The molecule has 0 fully saturated rings. The van der Waals surface area contributed by atoms with Gasteiger partial charge in [0.05, 0.1) is 19.1 Å². The van der Waals surface area contributed by atoms with Gasteiger partial charge in [0.2, 0.25) is 0 Å². The highest BCUT2D eigenvalue weighted by molar-refractivity contribution is 6.30. The summed E-state index contributed by atoms with van der Waals surface area (Å²) in [6, 6.07) is 13.2. The fourth-order valence-corrected chi connectivity index (χ4v) is 1.85. The van der Waals surface area contributed by atoms with Crippen molar-refractivity contribution in [1.29, 1.82) is 0 Å². The molecule has 5 heteroatoms. The van der Waals surface area contributed by atoms with Crippen molar-refractivity contribution in [2.75, 3.05) is 7.11 Å². The van der Waals surface area contributed by atoms with E-state index in [-0.39, 0.29) is 6.42 Å². The van der Waals surface area contributed by atoms with Crippen LogP contribution in [0.3, 0.4) is 0 Å². The molecule has 0 saturated carbocycles. The molecule has 0 N–H and O–H groups in total. The summed E-state index contributed by atoms with van der Waals surface area (Å²) in [5.41, 5.74) is 0.971.